The van der Waals surface area contributed by atoms with Gasteiger partial charge in [-0.3, -0.25) is 4.79 Å². The molecule has 0 radical (unpaired) electrons. The van der Waals surface area contributed by atoms with Gasteiger partial charge >= 0.3 is 0 Å². The standard InChI is InChI=1S/C20H14FN3O2S/c21-15-7-1-2-8-16(15)23-20-24-17(12-27-20)13-5-3-6-14(11-13)22-19(25)18-9-4-10-26-18/h1-12H,(H,22,25)(H,23,24). The van der Waals surface area contributed by atoms with E-state index < -0.39 is 0 Å². The molecule has 0 aliphatic rings. The third kappa shape index (κ3) is 3.88. The van der Waals surface area contributed by atoms with Gasteiger partial charge in [-0.15, -0.1) is 11.3 Å². The summed E-state index contributed by atoms with van der Waals surface area (Å²) >= 11 is 1.37. The molecule has 0 spiro atoms. The zero-order valence-corrected chi connectivity index (χ0v) is 14.8. The molecule has 5 nitrogen and oxygen atoms in total. The van der Waals surface area contributed by atoms with Gasteiger partial charge in [0.05, 0.1) is 17.6 Å². The molecule has 0 fully saturated rings. The number of benzene rings is 2. The van der Waals surface area contributed by atoms with E-state index in [2.05, 4.69) is 15.6 Å². The highest BCUT2D eigenvalue weighted by Gasteiger charge is 2.11. The van der Waals surface area contributed by atoms with Gasteiger partial charge in [0.25, 0.3) is 5.91 Å². The van der Waals surface area contributed by atoms with Crippen LogP contribution < -0.4 is 10.6 Å². The molecule has 1 amide bonds. The van der Waals surface area contributed by atoms with Crippen LogP contribution in [-0.4, -0.2) is 10.9 Å². The Morgan fingerprint density at radius 1 is 1.07 bits per heavy atom. The van der Waals surface area contributed by atoms with E-state index in [-0.39, 0.29) is 17.5 Å². The van der Waals surface area contributed by atoms with Gasteiger partial charge in [0.15, 0.2) is 10.9 Å². The van der Waals surface area contributed by atoms with Gasteiger partial charge in [-0.2, -0.15) is 0 Å². The summed E-state index contributed by atoms with van der Waals surface area (Å²) < 4.78 is 18.9. The summed E-state index contributed by atoms with van der Waals surface area (Å²) in [7, 11) is 0. The summed E-state index contributed by atoms with van der Waals surface area (Å²) in [5, 5.41) is 8.22. The molecule has 0 saturated carbocycles. The molecule has 27 heavy (non-hydrogen) atoms. The zero-order valence-electron chi connectivity index (χ0n) is 14.0. The van der Waals surface area contributed by atoms with Crippen molar-refractivity contribution in [3.05, 3.63) is 83.9 Å². The van der Waals surface area contributed by atoms with Crippen LogP contribution in [0.25, 0.3) is 11.3 Å². The van der Waals surface area contributed by atoms with Gasteiger partial charge in [-0.25, -0.2) is 9.37 Å². The van der Waals surface area contributed by atoms with E-state index in [9.17, 15) is 9.18 Å². The molecule has 0 atom stereocenters. The van der Waals surface area contributed by atoms with Gasteiger partial charge in [-0.1, -0.05) is 24.3 Å². The molecule has 0 aliphatic heterocycles. The topological polar surface area (TPSA) is 67.2 Å². The second-order valence-corrected chi connectivity index (χ2v) is 6.51. The fraction of sp³-hybridized carbons (Fsp3) is 0. The number of hydrogen-bond donors (Lipinski definition) is 2. The Morgan fingerprint density at radius 2 is 1.96 bits per heavy atom. The summed E-state index contributed by atoms with van der Waals surface area (Å²) in [6, 6.07) is 17.0. The lowest BCUT2D eigenvalue weighted by atomic mass is 10.1. The maximum atomic E-state index is 13.8. The lowest BCUT2D eigenvalue weighted by Gasteiger charge is -2.05. The molecule has 0 bridgehead atoms. The maximum absolute atomic E-state index is 13.8. The highest BCUT2D eigenvalue weighted by atomic mass is 32.1. The Balaban J connectivity index is 1.52. The number of amides is 1. The van der Waals surface area contributed by atoms with Crippen molar-refractivity contribution in [1.82, 2.24) is 4.98 Å². The highest BCUT2D eigenvalue weighted by molar-refractivity contribution is 7.14. The Labute approximate surface area is 158 Å². The molecule has 2 aromatic heterocycles. The number of hydrogen-bond acceptors (Lipinski definition) is 5. The van der Waals surface area contributed by atoms with Crippen molar-refractivity contribution in [3.63, 3.8) is 0 Å². The summed E-state index contributed by atoms with van der Waals surface area (Å²) in [6.07, 6.45) is 1.45. The van der Waals surface area contributed by atoms with Crippen molar-refractivity contribution in [2.75, 3.05) is 10.6 Å². The molecule has 0 unspecified atom stereocenters. The Morgan fingerprint density at radius 3 is 2.78 bits per heavy atom. The highest BCUT2D eigenvalue weighted by Crippen LogP contribution is 2.29. The first-order chi connectivity index (χ1) is 13.2. The third-order valence-corrected chi connectivity index (χ3v) is 4.54. The minimum atomic E-state index is -0.336. The number of carbonyl (C=O) groups is 1. The van der Waals surface area contributed by atoms with Crippen LogP contribution >= 0.6 is 11.3 Å². The average Bonchev–Trinajstić information content (AvgIpc) is 3.36. The molecule has 2 heterocycles. The Kier molecular flexibility index (Phi) is 4.67. The minimum Gasteiger partial charge on any atom is -0.459 e. The van der Waals surface area contributed by atoms with Gasteiger partial charge < -0.3 is 15.1 Å². The fourth-order valence-electron chi connectivity index (χ4n) is 2.50. The van der Waals surface area contributed by atoms with E-state index in [4.69, 9.17) is 4.42 Å². The molecule has 134 valence electrons. The van der Waals surface area contributed by atoms with Gasteiger partial charge in [-0.05, 0) is 36.4 Å². The second kappa shape index (κ2) is 7.43. The molecular formula is C20H14FN3O2S. The van der Waals surface area contributed by atoms with E-state index in [1.165, 1.54) is 23.7 Å². The zero-order chi connectivity index (χ0) is 18.6. The Bertz CT molecular complexity index is 1080. The number of nitrogens with one attached hydrogen (secondary N) is 2. The van der Waals surface area contributed by atoms with Crippen molar-refractivity contribution in [2.24, 2.45) is 0 Å². The molecule has 4 rings (SSSR count). The molecule has 7 heteroatoms. The largest absolute Gasteiger partial charge is 0.459 e. The number of para-hydroxylation sites is 1. The normalized spacial score (nSPS) is 10.6. The van der Waals surface area contributed by atoms with Crippen molar-refractivity contribution in [2.45, 2.75) is 0 Å². The summed E-state index contributed by atoms with van der Waals surface area (Å²) in [4.78, 5) is 16.6. The van der Waals surface area contributed by atoms with Gasteiger partial charge in [0.2, 0.25) is 0 Å². The predicted molar refractivity (Wildman–Crippen MR) is 104 cm³/mol. The quantitative estimate of drug-likeness (QED) is 0.478. The van der Waals surface area contributed by atoms with E-state index in [1.807, 2.05) is 23.6 Å². The van der Waals surface area contributed by atoms with Crippen molar-refractivity contribution < 1.29 is 13.6 Å². The van der Waals surface area contributed by atoms with Crippen LogP contribution in [0.4, 0.5) is 20.9 Å². The second-order valence-electron chi connectivity index (χ2n) is 5.65. The first-order valence-electron chi connectivity index (χ1n) is 8.11. The lowest BCUT2D eigenvalue weighted by molar-refractivity contribution is 0.0996. The smallest absolute Gasteiger partial charge is 0.291 e. The number of aromatic nitrogens is 1. The first kappa shape index (κ1) is 17.0. The number of nitrogens with zero attached hydrogens (tertiary/aromatic N) is 1. The van der Waals surface area contributed by atoms with Crippen LogP contribution in [0.1, 0.15) is 10.6 Å². The van der Waals surface area contributed by atoms with Crippen LogP contribution in [0.2, 0.25) is 0 Å². The summed E-state index contributed by atoms with van der Waals surface area (Å²) in [6.45, 7) is 0. The molecule has 2 N–H and O–H groups in total. The van der Waals surface area contributed by atoms with Gasteiger partial charge in [0, 0.05) is 16.6 Å². The maximum Gasteiger partial charge on any atom is 0.291 e. The molecular weight excluding hydrogens is 365 g/mol. The SMILES string of the molecule is O=C(Nc1cccc(-c2csc(Nc3ccccc3F)n2)c1)c1ccco1. The van der Waals surface area contributed by atoms with Crippen molar-refractivity contribution in [1.29, 1.82) is 0 Å². The third-order valence-electron chi connectivity index (χ3n) is 3.78. The van der Waals surface area contributed by atoms with Crippen LogP contribution in [0.5, 0.6) is 0 Å². The molecule has 2 aromatic carbocycles. The monoisotopic (exact) mass is 379 g/mol. The average molecular weight is 379 g/mol. The van der Waals surface area contributed by atoms with E-state index in [0.717, 1.165) is 11.3 Å². The lowest BCUT2D eigenvalue weighted by Crippen LogP contribution is -2.10. The van der Waals surface area contributed by atoms with Crippen LogP contribution in [0.15, 0.2) is 76.7 Å². The summed E-state index contributed by atoms with van der Waals surface area (Å²) in [5.74, 6) is -0.417. The minimum absolute atomic E-state index is 0.241. The van der Waals surface area contributed by atoms with Crippen LogP contribution in [0.3, 0.4) is 0 Å². The number of furan rings is 1. The van der Waals surface area contributed by atoms with Crippen molar-refractivity contribution >= 4 is 33.8 Å². The fourth-order valence-corrected chi connectivity index (χ4v) is 3.23. The van der Waals surface area contributed by atoms with E-state index in [1.54, 1.807) is 36.4 Å². The predicted octanol–water partition coefficient (Wildman–Crippen LogP) is 5.54. The number of rotatable bonds is 5. The number of thiazole rings is 1. The van der Waals surface area contributed by atoms with E-state index >= 15 is 0 Å². The first-order valence-corrected chi connectivity index (χ1v) is 8.99. The van der Waals surface area contributed by atoms with Gasteiger partial charge in [0.1, 0.15) is 5.82 Å². The summed E-state index contributed by atoms with van der Waals surface area (Å²) in [5.41, 5.74) is 2.57. The van der Waals surface area contributed by atoms with Crippen molar-refractivity contribution in [3.8, 4) is 11.3 Å². The van der Waals surface area contributed by atoms with Crippen LogP contribution in [-0.2, 0) is 0 Å². The molecule has 0 aliphatic carbocycles. The number of carbonyl (C=O) groups excluding carboxylic acids is 1. The van der Waals surface area contributed by atoms with E-state index in [0.29, 0.717) is 16.5 Å². The van der Waals surface area contributed by atoms with Crippen LogP contribution in [0, 0.1) is 5.82 Å². The number of halogens is 1. The molecule has 4 aromatic rings. The molecule has 0 saturated heterocycles. The Hall–Kier alpha value is -3.45. The number of anilines is 3.